The molecule has 0 radical (unpaired) electrons. The van der Waals surface area contributed by atoms with Gasteiger partial charge in [0.1, 0.15) is 29.7 Å². The third-order valence-electron chi connectivity index (χ3n) is 7.72. The first-order chi connectivity index (χ1) is 20.2. The van der Waals surface area contributed by atoms with Gasteiger partial charge in [0.2, 0.25) is 5.91 Å². The maximum atomic E-state index is 15.3. The first-order valence-corrected chi connectivity index (χ1v) is 14.3. The fourth-order valence-electron chi connectivity index (χ4n) is 5.41. The van der Waals surface area contributed by atoms with E-state index in [1.807, 2.05) is 17.0 Å². The molecule has 0 aliphatic carbocycles. The summed E-state index contributed by atoms with van der Waals surface area (Å²) in [6.07, 6.45) is 2.54. The number of methoxy groups -OCH3 is 2. The molecular formula is C30H31Cl2FN4O5. The van der Waals surface area contributed by atoms with Crippen LogP contribution >= 0.6 is 23.2 Å². The molecule has 0 bridgehead atoms. The monoisotopic (exact) mass is 616 g/mol. The van der Waals surface area contributed by atoms with E-state index in [1.165, 1.54) is 18.1 Å². The second-order valence-electron chi connectivity index (χ2n) is 10.3. The van der Waals surface area contributed by atoms with Crippen LogP contribution in [0.15, 0.2) is 48.7 Å². The molecule has 2 amide bonds. The highest BCUT2D eigenvalue weighted by molar-refractivity contribution is 6.36. The Kier molecular flexibility index (Phi) is 8.93. The van der Waals surface area contributed by atoms with Gasteiger partial charge in [-0.15, -0.1) is 0 Å². The molecule has 12 heteroatoms. The summed E-state index contributed by atoms with van der Waals surface area (Å²) < 4.78 is 31.7. The van der Waals surface area contributed by atoms with Crippen molar-refractivity contribution in [1.29, 1.82) is 0 Å². The Balaban J connectivity index is 1.36. The zero-order chi connectivity index (χ0) is 29.9. The van der Waals surface area contributed by atoms with Crippen molar-refractivity contribution in [2.24, 2.45) is 0 Å². The number of hydrogen-bond donors (Lipinski definition) is 1. The number of piperidine rings is 1. The molecule has 3 aromatic rings. The van der Waals surface area contributed by atoms with E-state index in [-0.39, 0.29) is 31.2 Å². The second-order valence-corrected chi connectivity index (χ2v) is 11.2. The number of amides is 2. The summed E-state index contributed by atoms with van der Waals surface area (Å²) in [5, 5.41) is 3.85. The zero-order valence-corrected chi connectivity index (χ0v) is 24.8. The fourth-order valence-corrected chi connectivity index (χ4v) is 5.91. The van der Waals surface area contributed by atoms with E-state index in [0.29, 0.717) is 65.3 Å². The Labute approximate surface area is 253 Å². The van der Waals surface area contributed by atoms with Gasteiger partial charge in [0.15, 0.2) is 0 Å². The third-order valence-corrected chi connectivity index (χ3v) is 8.20. The van der Waals surface area contributed by atoms with Crippen LogP contribution in [-0.2, 0) is 22.5 Å². The van der Waals surface area contributed by atoms with Crippen LogP contribution in [0.2, 0.25) is 10.0 Å². The highest BCUT2D eigenvalue weighted by Gasteiger charge is 2.39. The number of carbonyl (C=O) groups excluding carboxylic acids is 2. The molecule has 1 fully saturated rings. The highest BCUT2D eigenvalue weighted by Crippen LogP contribution is 2.39. The molecule has 9 nitrogen and oxygen atoms in total. The summed E-state index contributed by atoms with van der Waals surface area (Å²) in [7, 11) is 2.89. The SMILES string of the molecule is COC(=O)NC1(COc2ccc(F)c3c2CCC(=O)N3Cc2ccc(OC)cc2)CCN(c2ncc(Cl)cc2Cl)CC1. The van der Waals surface area contributed by atoms with Crippen molar-refractivity contribution in [2.45, 2.75) is 37.8 Å². The van der Waals surface area contributed by atoms with Crippen LogP contribution in [-0.4, -0.2) is 56.4 Å². The molecule has 0 atom stereocenters. The van der Waals surface area contributed by atoms with Crippen molar-refractivity contribution < 1.29 is 28.2 Å². The predicted molar refractivity (Wildman–Crippen MR) is 158 cm³/mol. The molecule has 2 aromatic carbocycles. The summed E-state index contributed by atoms with van der Waals surface area (Å²) in [5.74, 6) is 1.11. The maximum absolute atomic E-state index is 15.3. The summed E-state index contributed by atoms with van der Waals surface area (Å²) >= 11 is 12.4. The maximum Gasteiger partial charge on any atom is 0.407 e. The number of hydrogen-bond acceptors (Lipinski definition) is 7. The van der Waals surface area contributed by atoms with E-state index in [4.69, 9.17) is 37.4 Å². The van der Waals surface area contributed by atoms with Crippen LogP contribution in [0.1, 0.15) is 30.4 Å². The van der Waals surface area contributed by atoms with Crippen LogP contribution in [0.4, 0.5) is 20.7 Å². The number of alkyl carbamates (subject to hydrolysis) is 1. The Hall–Kier alpha value is -3.76. The summed E-state index contributed by atoms with van der Waals surface area (Å²) in [5.41, 5.74) is 0.904. The number of rotatable bonds is 8. The first kappa shape index (κ1) is 29.7. The van der Waals surface area contributed by atoms with Gasteiger partial charge in [-0.25, -0.2) is 14.2 Å². The number of nitrogens with one attached hydrogen (secondary N) is 1. The van der Waals surface area contributed by atoms with E-state index in [0.717, 1.165) is 5.56 Å². The van der Waals surface area contributed by atoms with Crippen molar-refractivity contribution in [3.8, 4) is 11.5 Å². The van der Waals surface area contributed by atoms with E-state index >= 15 is 4.39 Å². The Bertz CT molecular complexity index is 1460. The lowest BCUT2D eigenvalue weighted by Gasteiger charge is -2.42. The van der Waals surface area contributed by atoms with Gasteiger partial charge >= 0.3 is 6.09 Å². The van der Waals surface area contributed by atoms with E-state index in [2.05, 4.69) is 10.3 Å². The molecule has 3 heterocycles. The van der Waals surface area contributed by atoms with Crippen LogP contribution in [0.25, 0.3) is 0 Å². The van der Waals surface area contributed by atoms with E-state index < -0.39 is 17.4 Å². The predicted octanol–water partition coefficient (Wildman–Crippen LogP) is 5.79. The number of carbonyl (C=O) groups is 2. The number of anilines is 2. The van der Waals surface area contributed by atoms with Gasteiger partial charge in [-0.3, -0.25) is 4.79 Å². The van der Waals surface area contributed by atoms with Gasteiger partial charge in [-0.2, -0.15) is 0 Å². The van der Waals surface area contributed by atoms with Crippen molar-refractivity contribution >= 4 is 46.7 Å². The molecule has 0 unspecified atom stereocenters. The van der Waals surface area contributed by atoms with Crippen LogP contribution in [0.3, 0.4) is 0 Å². The van der Waals surface area contributed by atoms with Gasteiger partial charge in [-0.05, 0) is 55.2 Å². The van der Waals surface area contributed by atoms with E-state index in [9.17, 15) is 9.59 Å². The van der Waals surface area contributed by atoms with Crippen LogP contribution < -0.4 is 24.6 Å². The number of aromatic nitrogens is 1. The minimum Gasteiger partial charge on any atom is -0.497 e. The van der Waals surface area contributed by atoms with Gasteiger partial charge in [0.05, 0.1) is 42.0 Å². The molecule has 0 spiro atoms. The smallest absolute Gasteiger partial charge is 0.407 e. The Morgan fingerprint density at radius 2 is 1.83 bits per heavy atom. The summed E-state index contributed by atoms with van der Waals surface area (Å²) in [6.45, 7) is 1.39. The van der Waals surface area contributed by atoms with Gasteiger partial charge in [0, 0.05) is 31.3 Å². The molecule has 42 heavy (non-hydrogen) atoms. The van der Waals surface area contributed by atoms with Crippen molar-refractivity contribution in [1.82, 2.24) is 10.3 Å². The first-order valence-electron chi connectivity index (χ1n) is 13.5. The van der Waals surface area contributed by atoms with Crippen molar-refractivity contribution in [3.05, 3.63) is 75.7 Å². The third kappa shape index (κ3) is 6.34. The number of halogens is 3. The molecule has 1 N–H and O–H groups in total. The molecule has 0 saturated carbocycles. The number of fused-ring (bicyclic) bond motifs is 1. The zero-order valence-electron chi connectivity index (χ0n) is 23.3. The lowest BCUT2D eigenvalue weighted by Crippen LogP contribution is -2.58. The number of nitrogens with zero attached hydrogens (tertiary/aromatic N) is 3. The number of benzene rings is 2. The molecule has 1 saturated heterocycles. The summed E-state index contributed by atoms with van der Waals surface area (Å²) in [6, 6.07) is 11.8. The highest BCUT2D eigenvalue weighted by atomic mass is 35.5. The van der Waals surface area contributed by atoms with Gasteiger partial charge < -0.3 is 29.3 Å². The minimum absolute atomic E-state index is 0.113. The van der Waals surface area contributed by atoms with E-state index in [1.54, 1.807) is 37.6 Å². The normalized spacial score (nSPS) is 16.1. The van der Waals surface area contributed by atoms with Crippen LogP contribution in [0, 0.1) is 5.82 Å². The topological polar surface area (TPSA) is 93.2 Å². The standard InChI is InChI=1S/C30H31Cl2FN4O5/c1-40-21-5-3-19(4-6-21)17-37-26(38)10-7-22-25(9-8-24(33)27(22)37)42-18-30(35-29(39)41-2)11-13-36(14-12-30)28-23(32)15-20(31)16-34-28/h3-6,8-9,15-16H,7,10-14,17-18H2,1-2H3,(H,35,39). The minimum atomic E-state index is -0.767. The lowest BCUT2D eigenvalue weighted by atomic mass is 9.88. The molecule has 222 valence electrons. The van der Waals surface area contributed by atoms with Crippen LogP contribution in [0.5, 0.6) is 11.5 Å². The van der Waals surface area contributed by atoms with Gasteiger partial charge in [0.25, 0.3) is 0 Å². The van der Waals surface area contributed by atoms with Gasteiger partial charge in [-0.1, -0.05) is 35.3 Å². The fraction of sp³-hybridized carbons (Fsp3) is 0.367. The second kappa shape index (κ2) is 12.6. The average Bonchev–Trinajstić information content (AvgIpc) is 2.99. The summed E-state index contributed by atoms with van der Waals surface area (Å²) in [4.78, 5) is 33.2. The molecule has 2 aliphatic rings. The number of ether oxygens (including phenoxy) is 3. The molecule has 5 rings (SSSR count). The molecule has 1 aromatic heterocycles. The quantitative estimate of drug-likeness (QED) is 0.342. The van der Waals surface area contributed by atoms with Crippen molar-refractivity contribution in [3.63, 3.8) is 0 Å². The van der Waals surface area contributed by atoms with Crippen molar-refractivity contribution in [2.75, 3.05) is 43.7 Å². The lowest BCUT2D eigenvalue weighted by molar-refractivity contribution is -0.119. The average molecular weight is 618 g/mol. The Morgan fingerprint density at radius 1 is 1.10 bits per heavy atom. The Morgan fingerprint density at radius 3 is 2.50 bits per heavy atom. The number of pyridine rings is 1. The largest absolute Gasteiger partial charge is 0.497 e. The molecular weight excluding hydrogens is 586 g/mol. The molecule has 2 aliphatic heterocycles.